The number of carbonyl (C=O) groups is 3. The van der Waals surface area contributed by atoms with E-state index in [0.29, 0.717) is 0 Å². The van der Waals surface area contributed by atoms with Crippen molar-refractivity contribution in [3.8, 4) is 5.75 Å². The van der Waals surface area contributed by atoms with Crippen LogP contribution in [0.25, 0.3) is 0 Å². The van der Waals surface area contributed by atoms with Crippen molar-refractivity contribution in [2.75, 3.05) is 0 Å². The fraction of sp³-hybridized carbons (Fsp3) is 0.100. The molecule has 0 aliphatic carbocycles. The summed E-state index contributed by atoms with van der Waals surface area (Å²) in [6.07, 6.45) is 0. The van der Waals surface area contributed by atoms with Gasteiger partial charge in [-0.3, -0.25) is 4.79 Å². The number of hydrogen-bond acceptors (Lipinski definition) is 5. The smallest absolute Gasteiger partial charge is 0.365 e. The van der Waals surface area contributed by atoms with E-state index in [1.165, 1.54) is 0 Å². The number of carboxylic acids is 1. The summed E-state index contributed by atoms with van der Waals surface area (Å²) in [7, 11) is 0. The van der Waals surface area contributed by atoms with Crippen molar-refractivity contribution in [3.05, 3.63) is 21.8 Å². The molecule has 1 amide bonds. The fourth-order valence-electron chi connectivity index (χ4n) is 1.19. The Hall–Kier alpha value is -0.380. The molecule has 0 aliphatic heterocycles. The number of aromatic hydroxyl groups is 1. The topological polar surface area (TPSA) is 113 Å². The van der Waals surface area contributed by atoms with Crippen molar-refractivity contribution in [1.29, 1.82) is 0 Å². The molecule has 1 aromatic carbocycles. The zero-order chi connectivity index (χ0) is 15.6. The van der Waals surface area contributed by atoms with Crippen LogP contribution in [0.4, 0.5) is 0 Å². The molecule has 0 aliphatic rings. The first-order chi connectivity index (χ1) is 9.18. The number of halogens is 3. The summed E-state index contributed by atoms with van der Waals surface area (Å²) in [4.78, 5) is 38.3. The zero-order valence-electron chi connectivity index (χ0n) is 9.66. The minimum Gasteiger partial charge on any atom is -0.506 e. The second-order valence-corrected chi connectivity index (χ2v) is 6.63. The van der Waals surface area contributed by atoms with Crippen molar-refractivity contribution in [1.82, 2.24) is 5.48 Å². The number of hydroxylamine groups is 1. The van der Waals surface area contributed by atoms with E-state index in [1.54, 1.807) is 67.8 Å². The van der Waals surface area contributed by atoms with Gasteiger partial charge in [-0.1, -0.05) is 0 Å². The SMILES string of the molecule is CC(=O)NOC(=O)c1c(I)c(O)c(I)c(C(=O)O)c1I. The normalized spacial score (nSPS) is 10.0. The lowest BCUT2D eigenvalue weighted by Gasteiger charge is -2.13. The Kier molecular flexibility index (Phi) is 6.24. The maximum Gasteiger partial charge on any atom is 0.365 e. The third-order valence-electron chi connectivity index (χ3n) is 2.00. The number of phenols is 1. The zero-order valence-corrected chi connectivity index (χ0v) is 16.1. The van der Waals surface area contributed by atoms with Crippen molar-refractivity contribution < 1.29 is 29.4 Å². The van der Waals surface area contributed by atoms with E-state index in [-0.39, 0.29) is 27.6 Å². The molecule has 20 heavy (non-hydrogen) atoms. The summed E-state index contributed by atoms with van der Waals surface area (Å²) in [6.45, 7) is 1.15. The van der Waals surface area contributed by atoms with Crippen LogP contribution in [0, 0.1) is 10.7 Å². The number of phenolic OH excluding ortho intramolecular Hbond substituents is 1. The maximum atomic E-state index is 11.9. The summed E-state index contributed by atoms with van der Waals surface area (Å²) >= 11 is 5.06. The predicted octanol–water partition coefficient (Wildman–Crippen LogP) is 2.11. The molecule has 10 heteroatoms. The highest BCUT2D eigenvalue weighted by Crippen LogP contribution is 2.36. The highest BCUT2D eigenvalue weighted by Gasteiger charge is 2.28. The van der Waals surface area contributed by atoms with Gasteiger partial charge in [-0.15, -0.1) is 0 Å². The van der Waals surface area contributed by atoms with Gasteiger partial charge in [-0.05, 0) is 67.8 Å². The summed E-state index contributed by atoms with van der Waals surface area (Å²) in [5.41, 5.74) is 1.54. The van der Waals surface area contributed by atoms with Crippen molar-refractivity contribution >= 4 is 85.6 Å². The van der Waals surface area contributed by atoms with Crippen LogP contribution in [0.5, 0.6) is 5.75 Å². The van der Waals surface area contributed by atoms with Crippen LogP contribution >= 0.6 is 67.8 Å². The second kappa shape index (κ2) is 7.06. The van der Waals surface area contributed by atoms with Crippen LogP contribution in [0.2, 0.25) is 0 Å². The Morgan fingerprint density at radius 2 is 1.55 bits per heavy atom. The molecule has 0 saturated heterocycles. The molecule has 3 N–H and O–H groups in total. The lowest BCUT2D eigenvalue weighted by molar-refractivity contribution is -0.127. The van der Waals surface area contributed by atoms with Crippen LogP contribution in [0.3, 0.4) is 0 Å². The first-order valence-electron chi connectivity index (χ1n) is 4.78. The molecule has 1 aromatic rings. The highest BCUT2D eigenvalue weighted by atomic mass is 127. The van der Waals surface area contributed by atoms with Crippen molar-refractivity contribution in [3.63, 3.8) is 0 Å². The molecule has 0 radical (unpaired) electrons. The number of amides is 1. The Labute approximate surface area is 153 Å². The second-order valence-electron chi connectivity index (χ2n) is 3.39. The molecule has 108 valence electrons. The summed E-state index contributed by atoms with van der Waals surface area (Å²) in [5.74, 6) is -3.14. The molecule has 0 saturated carbocycles. The van der Waals surface area contributed by atoms with E-state index >= 15 is 0 Å². The van der Waals surface area contributed by atoms with E-state index in [4.69, 9.17) is 5.11 Å². The minimum atomic E-state index is -1.28. The molecule has 0 heterocycles. The van der Waals surface area contributed by atoms with E-state index in [1.807, 2.05) is 5.48 Å². The van der Waals surface area contributed by atoms with Gasteiger partial charge in [0.25, 0.3) is 0 Å². The number of hydrogen-bond donors (Lipinski definition) is 3. The minimum absolute atomic E-state index is 0.115. The molecule has 7 nitrogen and oxygen atoms in total. The van der Waals surface area contributed by atoms with Gasteiger partial charge in [0.2, 0.25) is 5.91 Å². The van der Waals surface area contributed by atoms with Crippen LogP contribution in [0.1, 0.15) is 27.6 Å². The van der Waals surface area contributed by atoms with Gasteiger partial charge in [-0.2, -0.15) is 5.48 Å². The summed E-state index contributed by atoms with van der Waals surface area (Å²) in [6, 6.07) is 0. The molecular formula is C10H6I3NO6. The number of benzene rings is 1. The van der Waals surface area contributed by atoms with E-state index < -0.39 is 17.8 Å². The van der Waals surface area contributed by atoms with Gasteiger partial charge in [-0.25, -0.2) is 9.59 Å². The lowest BCUT2D eigenvalue weighted by atomic mass is 10.1. The first-order valence-corrected chi connectivity index (χ1v) is 8.02. The number of aromatic carboxylic acids is 1. The molecular weight excluding hydrogens is 611 g/mol. The van der Waals surface area contributed by atoms with E-state index in [0.717, 1.165) is 6.92 Å². The van der Waals surface area contributed by atoms with E-state index in [9.17, 15) is 19.5 Å². The molecule has 0 spiro atoms. The molecule has 1 rings (SSSR count). The maximum absolute atomic E-state index is 11.9. The number of rotatable bonds is 2. The Morgan fingerprint density at radius 3 is 2.00 bits per heavy atom. The predicted molar refractivity (Wildman–Crippen MR) is 92.4 cm³/mol. The van der Waals surface area contributed by atoms with Crippen LogP contribution < -0.4 is 5.48 Å². The summed E-state index contributed by atoms with van der Waals surface area (Å²) < 4.78 is 0.397. The fourth-order valence-corrected chi connectivity index (χ4v) is 5.26. The van der Waals surface area contributed by atoms with E-state index in [2.05, 4.69) is 4.84 Å². The monoisotopic (exact) mass is 617 g/mol. The lowest BCUT2D eigenvalue weighted by Crippen LogP contribution is -2.26. The van der Waals surface area contributed by atoms with Crippen LogP contribution in [-0.4, -0.2) is 28.1 Å². The Balaban J connectivity index is 3.43. The average molecular weight is 617 g/mol. The number of carbonyl (C=O) groups excluding carboxylic acids is 2. The molecule has 0 fully saturated rings. The molecule has 0 aromatic heterocycles. The van der Waals surface area contributed by atoms with Crippen LogP contribution in [0.15, 0.2) is 0 Å². The molecule has 0 unspecified atom stereocenters. The van der Waals surface area contributed by atoms with Gasteiger partial charge >= 0.3 is 11.9 Å². The number of nitrogens with one attached hydrogen (secondary N) is 1. The van der Waals surface area contributed by atoms with Gasteiger partial charge in [0.05, 0.1) is 18.3 Å². The van der Waals surface area contributed by atoms with Gasteiger partial charge in [0.1, 0.15) is 5.75 Å². The highest BCUT2D eigenvalue weighted by molar-refractivity contribution is 14.1. The molecule has 0 atom stereocenters. The Morgan fingerprint density at radius 1 is 1.05 bits per heavy atom. The van der Waals surface area contributed by atoms with Crippen LogP contribution in [-0.2, 0) is 9.63 Å². The third-order valence-corrected chi connectivity index (χ3v) is 5.18. The van der Waals surface area contributed by atoms with Crippen molar-refractivity contribution in [2.24, 2.45) is 0 Å². The van der Waals surface area contributed by atoms with Gasteiger partial charge < -0.3 is 15.1 Å². The third kappa shape index (κ3) is 3.63. The van der Waals surface area contributed by atoms with Gasteiger partial charge in [0, 0.05) is 10.5 Å². The first kappa shape index (κ1) is 17.7. The standard InChI is InChI=1S/C10H6I3NO6/c1-2(15)14-20-10(19)4-5(11)3(9(17)18)6(12)8(16)7(4)13/h16H,1H3,(H,14,15)(H,17,18). The van der Waals surface area contributed by atoms with Gasteiger partial charge in [0.15, 0.2) is 0 Å². The quantitative estimate of drug-likeness (QED) is 0.347. The molecule has 0 bridgehead atoms. The number of carboxylic acid groups (broad SMARTS) is 1. The summed E-state index contributed by atoms with van der Waals surface area (Å²) in [5, 5.41) is 19.0. The Bertz CT molecular complexity index is 616. The average Bonchev–Trinajstić information content (AvgIpc) is 2.33. The largest absolute Gasteiger partial charge is 0.506 e. The van der Waals surface area contributed by atoms with Crippen molar-refractivity contribution in [2.45, 2.75) is 6.92 Å².